The highest BCUT2D eigenvalue weighted by Crippen LogP contribution is 2.27. The Kier molecular flexibility index (Phi) is 3.96. The summed E-state index contributed by atoms with van der Waals surface area (Å²) < 4.78 is 5.38. The molecule has 2 heterocycles. The fourth-order valence-corrected chi connectivity index (χ4v) is 3.30. The molecule has 0 unspecified atom stereocenters. The van der Waals surface area contributed by atoms with Crippen molar-refractivity contribution in [1.82, 2.24) is 20.1 Å². The molecule has 0 aliphatic rings. The van der Waals surface area contributed by atoms with Crippen molar-refractivity contribution < 1.29 is 4.52 Å². The van der Waals surface area contributed by atoms with Crippen LogP contribution in [0.2, 0.25) is 0 Å². The molecule has 0 fully saturated rings. The van der Waals surface area contributed by atoms with Crippen LogP contribution >= 0.6 is 11.8 Å². The zero-order valence-corrected chi connectivity index (χ0v) is 13.8. The number of fused-ring (bicyclic) bond motifs is 1. The second-order valence-electron chi connectivity index (χ2n) is 5.31. The van der Waals surface area contributed by atoms with E-state index < -0.39 is 0 Å². The zero-order chi connectivity index (χ0) is 16.4. The molecule has 0 amide bonds. The molecule has 4 rings (SSSR count). The van der Waals surface area contributed by atoms with Crippen LogP contribution in [0.4, 0.5) is 0 Å². The van der Waals surface area contributed by atoms with Gasteiger partial charge in [0.05, 0.1) is 11.3 Å². The number of nitrogens with zero attached hydrogens (tertiary/aromatic N) is 4. The van der Waals surface area contributed by atoms with Crippen LogP contribution in [0.1, 0.15) is 11.5 Å². The summed E-state index contributed by atoms with van der Waals surface area (Å²) in [5.41, 5.74) is 3.05. The summed E-state index contributed by atoms with van der Waals surface area (Å²) in [6, 6.07) is 15.9. The van der Waals surface area contributed by atoms with Crippen molar-refractivity contribution in [2.75, 3.05) is 0 Å². The van der Waals surface area contributed by atoms with Gasteiger partial charge in [0.25, 0.3) is 0 Å². The number of aromatic nitrogens is 4. The van der Waals surface area contributed by atoms with E-state index in [4.69, 9.17) is 4.52 Å². The van der Waals surface area contributed by atoms with Gasteiger partial charge in [0, 0.05) is 10.9 Å². The van der Waals surface area contributed by atoms with Gasteiger partial charge in [-0.25, -0.2) is 9.97 Å². The first-order chi connectivity index (χ1) is 11.8. The van der Waals surface area contributed by atoms with Crippen molar-refractivity contribution in [3.8, 4) is 11.4 Å². The van der Waals surface area contributed by atoms with E-state index in [1.165, 1.54) is 0 Å². The Hall–Kier alpha value is -2.73. The predicted molar refractivity (Wildman–Crippen MR) is 93.6 cm³/mol. The fourth-order valence-electron chi connectivity index (χ4n) is 2.47. The summed E-state index contributed by atoms with van der Waals surface area (Å²) >= 11 is 1.57. The van der Waals surface area contributed by atoms with Crippen LogP contribution in [0.15, 0.2) is 64.4 Å². The molecule has 5 nitrogen and oxygen atoms in total. The lowest BCUT2D eigenvalue weighted by Gasteiger charge is -2.02. The summed E-state index contributed by atoms with van der Waals surface area (Å²) in [7, 11) is 0. The summed E-state index contributed by atoms with van der Waals surface area (Å²) in [6.45, 7) is 2.03. The molecule has 0 saturated carbocycles. The number of para-hydroxylation sites is 1. The Bertz CT molecular complexity index is 994. The number of hydrogen-bond donors (Lipinski definition) is 0. The van der Waals surface area contributed by atoms with Crippen molar-refractivity contribution in [1.29, 1.82) is 0 Å². The van der Waals surface area contributed by atoms with E-state index in [0.717, 1.165) is 27.1 Å². The zero-order valence-electron chi connectivity index (χ0n) is 13.0. The van der Waals surface area contributed by atoms with Crippen LogP contribution in [-0.2, 0) is 5.75 Å². The quantitative estimate of drug-likeness (QED) is 0.410. The fraction of sp³-hybridized carbons (Fsp3) is 0.111. The highest BCUT2D eigenvalue weighted by atomic mass is 32.2. The average Bonchev–Trinajstić information content (AvgIpc) is 3.09. The van der Waals surface area contributed by atoms with Gasteiger partial charge in [-0.1, -0.05) is 59.4 Å². The van der Waals surface area contributed by atoms with E-state index in [-0.39, 0.29) is 0 Å². The SMILES string of the molecule is Cc1ccccc1-c1noc(CSc2ncnc3ccccc23)n1. The third-order valence-corrected chi connectivity index (χ3v) is 4.68. The third kappa shape index (κ3) is 2.88. The molecule has 0 saturated heterocycles. The first kappa shape index (κ1) is 14.8. The number of benzene rings is 2. The van der Waals surface area contributed by atoms with Gasteiger partial charge in [-0.3, -0.25) is 0 Å². The predicted octanol–water partition coefficient (Wildman–Crippen LogP) is 4.28. The summed E-state index contributed by atoms with van der Waals surface area (Å²) in [5.74, 6) is 1.78. The van der Waals surface area contributed by atoms with Crippen LogP contribution in [-0.4, -0.2) is 20.1 Å². The van der Waals surface area contributed by atoms with Crippen LogP contribution < -0.4 is 0 Å². The Morgan fingerprint density at radius 3 is 2.75 bits per heavy atom. The molecule has 0 bridgehead atoms. The largest absolute Gasteiger partial charge is 0.338 e. The van der Waals surface area contributed by atoms with Crippen molar-refractivity contribution in [2.45, 2.75) is 17.7 Å². The van der Waals surface area contributed by atoms with E-state index in [1.54, 1.807) is 18.1 Å². The number of hydrogen-bond acceptors (Lipinski definition) is 6. The molecule has 24 heavy (non-hydrogen) atoms. The minimum Gasteiger partial charge on any atom is -0.338 e. The minimum atomic E-state index is 0.569. The molecule has 0 spiro atoms. The lowest BCUT2D eigenvalue weighted by Crippen LogP contribution is -1.88. The highest BCUT2D eigenvalue weighted by Gasteiger charge is 2.12. The Morgan fingerprint density at radius 1 is 1.00 bits per heavy atom. The molecule has 118 valence electrons. The Labute approximate surface area is 143 Å². The molecule has 0 atom stereocenters. The summed E-state index contributed by atoms with van der Waals surface area (Å²) in [5, 5.41) is 6.03. The lowest BCUT2D eigenvalue weighted by molar-refractivity contribution is 0.391. The second kappa shape index (κ2) is 6.41. The number of thioether (sulfide) groups is 1. The lowest BCUT2D eigenvalue weighted by atomic mass is 10.1. The first-order valence-electron chi connectivity index (χ1n) is 7.52. The van der Waals surface area contributed by atoms with Gasteiger partial charge >= 0.3 is 0 Å². The van der Waals surface area contributed by atoms with Gasteiger partial charge in [-0.15, -0.1) is 0 Å². The topological polar surface area (TPSA) is 64.7 Å². The minimum absolute atomic E-state index is 0.569. The highest BCUT2D eigenvalue weighted by molar-refractivity contribution is 7.98. The van der Waals surface area contributed by atoms with Crippen LogP contribution in [0.25, 0.3) is 22.3 Å². The van der Waals surface area contributed by atoms with E-state index in [9.17, 15) is 0 Å². The molecular weight excluding hydrogens is 320 g/mol. The van der Waals surface area contributed by atoms with Gasteiger partial charge in [0.2, 0.25) is 11.7 Å². The molecular formula is C18H14N4OS. The van der Waals surface area contributed by atoms with Gasteiger partial charge in [-0.2, -0.15) is 4.98 Å². The smallest absolute Gasteiger partial charge is 0.237 e. The molecule has 6 heteroatoms. The van der Waals surface area contributed by atoms with Crippen molar-refractivity contribution >= 4 is 22.7 Å². The first-order valence-corrected chi connectivity index (χ1v) is 8.51. The molecule has 0 N–H and O–H groups in total. The van der Waals surface area contributed by atoms with Gasteiger partial charge in [0.1, 0.15) is 11.4 Å². The van der Waals surface area contributed by atoms with Crippen molar-refractivity contribution in [3.63, 3.8) is 0 Å². The van der Waals surface area contributed by atoms with E-state index >= 15 is 0 Å². The van der Waals surface area contributed by atoms with Crippen LogP contribution in [0, 0.1) is 6.92 Å². The number of rotatable bonds is 4. The monoisotopic (exact) mass is 334 g/mol. The molecule has 4 aromatic rings. The van der Waals surface area contributed by atoms with Crippen LogP contribution in [0.3, 0.4) is 0 Å². The second-order valence-corrected chi connectivity index (χ2v) is 6.28. The Balaban J connectivity index is 1.56. The molecule has 0 aliphatic carbocycles. The maximum Gasteiger partial charge on any atom is 0.237 e. The van der Waals surface area contributed by atoms with Crippen molar-refractivity contribution in [3.05, 3.63) is 66.3 Å². The van der Waals surface area contributed by atoms with Gasteiger partial charge < -0.3 is 4.52 Å². The van der Waals surface area contributed by atoms with Crippen LogP contribution in [0.5, 0.6) is 0 Å². The van der Waals surface area contributed by atoms with Gasteiger partial charge in [-0.05, 0) is 18.6 Å². The van der Waals surface area contributed by atoms with Crippen molar-refractivity contribution in [2.24, 2.45) is 0 Å². The molecule has 2 aromatic heterocycles. The summed E-state index contributed by atoms with van der Waals surface area (Å²) in [6.07, 6.45) is 1.58. The molecule has 0 aliphatic heterocycles. The van der Waals surface area contributed by atoms with E-state index in [2.05, 4.69) is 20.1 Å². The standard InChI is InChI=1S/C18H14N4OS/c1-12-6-2-3-7-13(12)17-21-16(23-22-17)10-24-18-14-8-4-5-9-15(14)19-11-20-18/h2-9,11H,10H2,1H3. The van der Waals surface area contributed by atoms with Gasteiger partial charge in [0.15, 0.2) is 0 Å². The van der Waals surface area contributed by atoms with E-state index in [1.807, 2.05) is 55.5 Å². The maximum atomic E-state index is 5.38. The average molecular weight is 334 g/mol. The summed E-state index contributed by atoms with van der Waals surface area (Å²) in [4.78, 5) is 13.1. The number of aryl methyl sites for hydroxylation is 1. The molecule has 2 aromatic carbocycles. The Morgan fingerprint density at radius 2 is 1.83 bits per heavy atom. The molecule has 0 radical (unpaired) electrons. The van der Waals surface area contributed by atoms with E-state index in [0.29, 0.717) is 17.5 Å². The maximum absolute atomic E-state index is 5.38. The third-order valence-electron chi connectivity index (χ3n) is 3.69. The normalized spacial score (nSPS) is 11.0.